The zero-order valence-electron chi connectivity index (χ0n) is 16.1. The fourth-order valence-corrected chi connectivity index (χ4v) is 4.21. The van der Waals surface area contributed by atoms with Crippen molar-refractivity contribution in [2.75, 3.05) is 23.4 Å². The molecule has 0 saturated heterocycles. The highest BCUT2D eigenvalue weighted by molar-refractivity contribution is 9.10. The normalized spacial score (nSPS) is 14.3. The average Bonchev–Trinajstić information content (AvgIpc) is 2.66. The maximum Gasteiger partial charge on any atom is 0.265 e. The molecular formula is C21H23BrN2O3S. The van der Waals surface area contributed by atoms with Crippen LogP contribution in [0.5, 0.6) is 5.75 Å². The second-order valence-electron chi connectivity index (χ2n) is 6.74. The summed E-state index contributed by atoms with van der Waals surface area (Å²) in [5, 5.41) is 3.47. The van der Waals surface area contributed by atoms with Crippen LogP contribution in [-0.2, 0) is 9.59 Å². The van der Waals surface area contributed by atoms with Crippen LogP contribution >= 0.6 is 27.7 Å². The molecule has 1 aliphatic rings. The van der Waals surface area contributed by atoms with Gasteiger partial charge >= 0.3 is 0 Å². The Labute approximate surface area is 178 Å². The second kappa shape index (κ2) is 9.01. The van der Waals surface area contributed by atoms with Crippen molar-refractivity contribution in [3.63, 3.8) is 0 Å². The third-order valence-corrected chi connectivity index (χ3v) is 6.31. The Morgan fingerprint density at radius 3 is 2.82 bits per heavy atom. The maximum absolute atomic E-state index is 12.6. The summed E-state index contributed by atoms with van der Waals surface area (Å²) >= 11 is 5.21. The van der Waals surface area contributed by atoms with E-state index in [2.05, 4.69) is 41.2 Å². The number of benzene rings is 2. The number of nitrogens with zero attached hydrogens (tertiary/aromatic N) is 1. The SMILES string of the molecule is CCC(C)Sc1ccc(NC(=O)CN2C(=O)COc3cc(Br)ccc32)c(C)c1. The Hall–Kier alpha value is -1.99. The third kappa shape index (κ3) is 4.89. The van der Waals surface area contributed by atoms with Gasteiger partial charge in [-0.3, -0.25) is 14.5 Å². The Bertz CT molecular complexity index is 903. The number of thioether (sulfide) groups is 1. The first-order chi connectivity index (χ1) is 13.4. The van der Waals surface area contributed by atoms with E-state index in [0.717, 1.165) is 22.1 Å². The van der Waals surface area contributed by atoms with E-state index in [1.807, 2.05) is 36.9 Å². The molecule has 2 aromatic carbocycles. The summed E-state index contributed by atoms with van der Waals surface area (Å²) in [5.74, 6) is 0.112. The van der Waals surface area contributed by atoms with Crippen LogP contribution in [0.2, 0.25) is 0 Å². The molecule has 0 saturated carbocycles. The Kier molecular flexibility index (Phi) is 6.67. The van der Waals surface area contributed by atoms with Crippen molar-refractivity contribution >= 4 is 50.9 Å². The molecule has 1 atom stereocenters. The summed E-state index contributed by atoms with van der Waals surface area (Å²) in [6, 6.07) is 11.4. The Balaban J connectivity index is 1.70. The molecule has 0 spiro atoms. The quantitative estimate of drug-likeness (QED) is 0.612. The van der Waals surface area contributed by atoms with Crippen LogP contribution in [0.1, 0.15) is 25.8 Å². The molecule has 5 nitrogen and oxygen atoms in total. The van der Waals surface area contributed by atoms with Crippen molar-refractivity contribution in [1.82, 2.24) is 0 Å². The maximum atomic E-state index is 12.6. The van der Waals surface area contributed by atoms with Gasteiger partial charge in [-0.2, -0.15) is 0 Å². The fourth-order valence-electron chi connectivity index (χ4n) is 2.85. The highest BCUT2D eigenvalue weighted by atomic mass is 79.9. The first-order valence-corrected chi connectivity index (χ1v) is 10.8. The van der Waals surface area contributed by atoms with Crippen LogP contribution in [0.25, 0.3) is 0 Å². The molecule has 1 unspecified atom stereocenters. The highest BCUT2D eigenvalue weighted by Crippen LogP contribution is 2.34. The van der Waals surface area contributed by atoms with Gasteiger partial charge < -0.3 is 10.1 Å². The molecule has 1 N–H and O–H groups in total. The minimum atomic E-state index is -0.241. The first kappa shape index (κ1) is 20.7. The van der Waals surface area contributed by atoms with Gasteiger partial charge in [-0.1, -0.05) is 29.8 Å². The molecule has 3 rings (SSSR count). The molecule has 0 bridgehead atoms. The van der Waals surface area contributed by atoms with E-state index in [4.69, 9.17) is 4.74 Å². The number of fused-ring (bicyclic) bond motifs is 1. The van der Waals surface area contributed by atoms with Gasteiger partial charge in [0.2, 0.25) is 5.91 Å². The number of aryl methyl sites for hydroxylation is 1. The largest absolute Gasteiger partial charge is 0.482 e. The summed E-state index contributed by atoms with van der Waals surface area (Å²) in [6.45, 7) is 6.22. The monoisotopic (exact) mass is 462 g/mol. The highest BCUT2D eigenvalue weighted by Gasteiger charge is 2.27. The average molecular weight is 463 g/mol. The van der Waals surface area contributed by atoms with E-state index < -0.39 is 0 Å². The van der Waals surface area contributed by atoms with Gasteiger partial charge in [-0.15, -0.1) is 11.8 Å². The number of rotatable bonds is 6. The lowest BCUT2D eigenvalue weighted by molar-refractivity contribution is -0.123. The predicted molar refractivity (Wildman–Crippen MR) is 117 cm³/mol. The van der Waals surface area contributed by atoms with Crippen LogP contribution in [0.15, 0.2) is 45.8 Å². The number of ether oxygens (including phenoxy) is 1. The summed E-state index contributed by atoms with van der Waals surface area (Å²) in [6.07, 6.45) is 1.10. The smallest absolute Gasteiger partial charge is 0.265 e. The van der Waals surface area contributed by atoms with Crippen molar-refractivity contribution in [2.45, 2.75) is 37.3 Å². The number of amides is 2. The van der Waals surface area contributed by atoms with Crippen molar-refractivity contribution in [3.8, 4) is 5.75 Å². The van der Waals surface area contributed by atoms with Gasteiger partial charge in [-0.25, -0.2) is 0 Å². The van der Waals surface area contributed by atoms with Crippen molar-refractivity contribution in [3.05, 3.63) is 46.4 Å². The minimum Gasteiger partial charge on any atom is -0.482 e. The van der Waals surface area contributed by atoms with Crippen molar-refractivity contribution in [2.24, 2.45) is 0 Å². The zero-order valence-corrected chi connectivity index (χ0v) is 18.5. The molecule has 0 aliphatic carbocycles. The number of nitrogens with one attached hydrogen (secondary N) is 1. The van der Waals surface area contributed by atoms with E-state index in [9.17, 15) is 9.59 Å². The third-order valence-electron chi connectivity index (χ3n) is 4.55. The summed E-state index contributed by atoms with van der Waals surface area (Å²) in [4.78, 5) is 27.5. The number of carbonyl (C=O) groups excluding carboxylic acids is 2. The van der Waals surface area contributed by atoms with Crippen LogP contribution in [0.4, 0.5) is 11.4 Å². The molecular weight excluding hydrogens is 440 g/mol. The standard InChI is InChI=1S/C21H23BrN2O3S/c1-4-14(3)28-16-6-7-17(13(2)9-16)23-20(25)11-24-18-8-5-15(22)10-19(18)27-12-21(24)26/h5-10,14H,4,11-12H2,1-3H3,(H,23,25). The predicted octanol–water partition coefficient (Wildman–Crippen LogP) is 5.01. The Morgan fingerprint density at radius 2 is 2.11 bits per heavy atom. The van der Waals surface area contributed by atoms with E-state index in [0.29, 0.717) is 16.7 Å². The molecule has 2 amide bonds. The number of carbonyl (C=O) groups is 2. The van der Waals surface area contributed by atoms with Crippen molar-refractivity contribution in [1.29, 1.82) is 0 Å². The molecule has 7 heteroatoms. The fraction of sp³-hybridized carbons (Fsp3) is 0.333. The molecule has 148 valence electrons. The van der Waals surface area contributed by atoms with E-state index in [-0.39, 0.29) is 25.0 Å². The molecule has 1 aliphatic heterocycles. The topological polar surface area (TPSA) is 58.6 Å². The summed E-state index contributed by atoms with van der Waals surface area (Å²) in [5.41, 5.74) is 2.36. The van der Waals surface area contributed by atoms with E-state index >= 15 is 0 Å². The van der Waals surface area contributed by atoms with Crippen LogP contribution in [0, 0.1) is 6.92 Å². The number of hydrogen-bond acceptors (Lipinski definition) is 4. The van der Waals surface area contributed by atoms with Gasteiger partial charge in [0, 0.05) is 20.3 Å². The van der Waals surface area contributed by atoms with Crippen molar-refractivity contribution < 1.29 is 14.3 Å². The zero-order chi connectivity index (χ0) is 20.3. The van der Waals surface area contributed by atoms with Gasteiger partial charge in [0.15, 0.2) is 6.61 Å². The van der Waals surface area contributed by atoms with Gasteiger partial charge in [-0.05, 0) is 55.3 Å². The summed E-state index contributed by atoms with van der Waals surface area (Å²) in [7, 11) is 0. The van der Waals surface area contributed by atoms with Crippen LogP contribution in [0.3, 0.4) is 0 Å². The van der Waals surface area contributed by atoms with Crippen LogP contribution in [-0.4, -0.2) is 30.2 Å². The van der Waals surface area contributed by atoms with E-state index in [1.54, 1.807) is 12.1 Å². The van der Waals surface area contributed by atoms with E-state index in [1.165, 1.54) is 9.80 Å². The number of hydrogen-bond donors (Lipinski definition) is 1. The molecule has 1 heterocycles. The van der Waals surface area contributed by atoms with Gasteiger partial charge in [0.25, 0.3) is 5.91 Å². The number of halogens is 1. The van der Waals surface area contributed by atoms with Crippen LogP contribution < -0.4 is 15.0 Å². The first-order valence-electron chi connectivity index (χ1n) is 9.17. The lowest BCUT2D eigenvalue weighted by atomic mass is 10.2. The van der Waals surface area contributed by atoms with Gasteiger partial charge in [0.05, 0.1) is 5.69 Å². The molecule has 0 fully saturated rings. The minimum absolute atomic E-state index is 0.0559. The molecule has 28 heavy (non-hydrogen) atoms. The molecule has 2 aromatic rings. The second-order valence-corrected chi connectivity index (χ2v) is 9.17. The Morgan fingerprint density at radius 1 is 1.32 bits per heavy atom. The number of anilines is 2. The lowest BCUT2D eigenvalue weighted by Gasteiger charge is -2.29. The molecule has 0 radical (unpaired) electrons. The molecule has 0 aromatic heterocycles. The lowest BCUT2D eigenvalue weighted by Crippen LogP contribution is -2.43. The van der Waals surface area contributed by atoms with Gasteiger partial charge in [0.1, 0.15) is 12.3 Å². The summed E-state index contributed by atoms with van der Waals surface area (Å²) < 4.78 is 6.32.